The van der Waals surface area contributed by atoms with Gasteiger partial charge < -0.3 is 19.1 Å². The molecule has 24 heavy (non-hydrogen) atoms. The van der Waals surface area contributed by atoms with Crippen LogP contribution in [0.15, 0.2) is 36.4 Å². The molecule has 0 spiro atoms. The van der Waals surface area contributed by atoms with Gasteiger partial charge in [-0.1, -0.05) is 6.07 Å². The molecule has 0 saturated heterocycles. The van der Waals surface area contributed by atoms with E-state index in [0.29, 0.717) is 34.9 Å². The molecule has 2 aromatic rings. The zero-order valence-corrected chi connectivity index (χ0v) is 13.7. The van der Waals surface area contributed by atoms with Gasteiger partial charge in [0.1, 0.15) is 0 Å². The summed E-state index contributed by atoms with van der Waals surface area (Å²) in [5.74, 6) is 0.386. The molecule has 1 aliphatic heterocycles. The van der Waals surface area contributed by atoms with Crippen molar-refractivity contribution in [2.45, 2.75) is 6.54 Å². The molecule has 0 N–H and O–H groups in total. The molecule has 0 saturated carbocycles. The van der Waals surface area contributed by atoms with E-state index in [1.807, 2.05) is 6.07 Å². The maximum absolute atomic E-state index is 12.8. The van der Waals surface area contributed by atoms with E-state index in [-0.39, 0.29) is 5.91 Å². The van der Waals surface area contributed by atoms with Crippen LogP contribution < -0.4 is 14.4 Å². The normalized spacial score (nSPS) is 12.8. The quantitative estimate of drug-likeness (QED) is 0.808. The lowest BCUT2D eigenvalue weighted by molar-refractivity contribution is 0.0600. The number of amides is 1. The third kappa shape index (κ3) is 2.46. The molecule has 0 unspecified atom stereocenters. The average Bonchev–Trinajstić information content (AvgIpc) is 2.97. The first-order valence-corrected chi connectivity index (χ1v) is 7.34. The molecule has 0 radical (unpaired) electrons. The molecule has 124 valence electrons. The summed E-state index contributed by atoms with van der Waals surface area (Å²) in [5, 5.41) is 0. The summed E-state index contributed by atoms with van der Waals surface area (Å²) >= 11 is 0. The number of carbonyl (C=O) groups is 2. The first kappa shape index (κ1) is 15.9. The SMILES string of the molecule is COC(=O)c1ccc(N2Cc3ccc(OC)c(OC)c3C2=O)cc1. The van der Waals surface area contributed by atoms with Crippen molar-refractivity contribution in [1.29, 1.82) is 0 Å². The topological polar surface area (TPSA) is 65.1 Å². The Hall–Kier alpha value is -3.02. The Kier molecular flexibility index (Phi) is 4.12. The van der Waals surface area contributed by atoms with Crippen molar-refractivity contribution >= 4 is 17.6 Å². The second kappa shape index (κ2) is 6.23. The molecule has 0 aromatic heterocycles. The second-order valence-corrected chi connectivity index (χ2v) is 5.26. The summed E-state index contributed by atoms with van der Waals surface area (Å²) < 4.78 is 15.3. The van der Waals surface area contributed by atoms with E-state index in [0.717, 1.165) is 5.56 Å². The first-order valence-electron chi connectivity index (χ1n) is 7.34. The van der Waals surface area contributed by atoms with E-state index >= 15 is 0 Å². The molecule has 3 rings (SSSR count). The molecule has 6 heteroatoms. The number of anilines is 1. The highest BCUT2D eigenvalue weighted by molar-refractivity contribution is 6.12. The molecule has 6 nitrogen and oxygen atoms in total. The Bertz CT molecular complexity index is 798. The molecule has 1 aliphatic rings. The third-order valence-corrected chi connectivity index (χ3v) is 4.02. The van der Waals surface area contributed by atoms with Crippen LogP contribution in [0.3, 0.4) is 0 Å². The summed E-state index contributed by atoms with van der Waals surface area (Å²) in [7, 11) is 4.38. The third-order valence-electron chi connectivity index (χ3n) is 4.02. The highest BCUT2D eigenvalue weighted by Crippen LogP contribution is 2.39. The van der Waals surface area contributed by atoms with Gasteiger partial charge in [0.05, 0.1) is 39.0 Å². The van der Waals surface area contributed by atoms with Gasteiger partial charge in [0.25, 0.3) is 5.91 Å². The molecule has 1 heterocycles. The van der Waals surface area contributed by atoms with Gasteiger partial charge >= 0.3 is 5.97 Å². The van der Waals surface area contributed by atoms with Gasteiger partial charge in [-0.15, -0.1) is 0 Å². The Morgan fingerprint density at radius 2 is 1.71 bits per heavy atom. The summed E-state index contributed by atoms with van der Waals surface area (Å²) in [4.78, 5) is 26.0. The number of benzene rings is 2. The maximum Gasteiger partial charge on any atom is 0.337 e. The summed E-state index contributed by atoms with van der Waals surface area (Å²) in [6, 6.07) is 10.4. The Labute approximate surface area is 139 Å². The highest BCUT2D eigenvalue weighted by Gasteiger charge is 2.33. The molecule has 0 bridgehead atoms. The van der Waals surface area contributed by atoms with Crippen LogP contribution >= 0.6 is 0 Å². The summed E-state index contributed by atoms with van der Waals surface area (Å²) in [6.45, 7) is 0.437. The highest BCUT2D eigenvalue weighted by atomic mass is 16.5. The van der Waals surface area contributed by atoms with E-state index in [4.69, 9.17) is 9.47 Å². The zero-order chi connectivity index (χ0) is 17.3. The Balaban J connectivity index is 1.95. The van der Waals surface area contributed by atoms with E-state index in [9.17, 15) is 9.59 Å². The van der Waals surface area contributed by atoms with Crippen molar-refractivity contribution in [1.82, 2.24) is 0 Å². The van der Waals surface area contributed by atoms with Gasteiger partial charge in [-0.3, -0.25) is 4.79 Å². The maximum atomic E-state index is 12.8. The molecule has 0 fully saturated rings. The lowest BCUT2D eigenvalue weighted by Crippen LogP contribution is -2.23. The molecule has 1 amide bonds. The van der Waals surface area contributed by atoms with Crippen LogP contribution in [0.5, 0.6) is 11.5 Å². The van der Waals surface area contributed by atoms with Crippen LogP contribution in [0.25, 0.3) is 0 Å². The van der Waals surface area contributed by atoms with Crippen molar-refractivity contribution in [3.63, 3.8) is 0 Å². The van der Waals surface area contributed by atoms with E-state index < -0.39 is 5.97 Å². The van der Waals surface area contributed by atoms with Gasteiger partial charge in [0.15, 0.2) is 11.5 Å². The van der Waals surface area contributed by atoms with Gasteiger partial charge in [-0.05, 0) is 35.9 Å². The number of nitrogens with zero attached hydrogens (tertiary/aromatic N) is 1. The van der Waals surface area contributed by atoms with Crippen molar-refractivity contribution < 1.29 is 23.8 Å². The Morgan fingerprint density at radius 1 is 1.00 bits per heavy atom. The lowest BCUT2D eigenvalue weighted by Gasteiger charge is -2.16. The van der Waals surface area contributed by atoms with Crippen LogP contribution in [-0.4, -0.2) is 33.2 Å². The van der Waals surface area contributed by atoms with Crippen LogP contribution in [0.2, 0.25) is 0 Å². The van der Waals surface area contributed by atoms with Crippen LogP contribution in [0, 0.1) is 0 Å². The van der Waals surface area contributed by atoms with Gasteiger partial charge in [0.2, 0.25) is 0 Å². The summed E-state index contributed by atoms with van der Waals surface area (Å²) in [6.07, 6.45) is 0. The number of hydrogen-bond donors (Lipinski definition) is 0. The van der Waals surface area contributed by atoms with Crippen molar-refractivity contribution in [2.24, 2.45) is 0 Å². The number of methoxy groups -OCH3 is 3. The molecular formula is C18H17NO5. The average molecular weight is 327 g/mol. The predicted octanol–water partition coefficient (Wildman–Crippen LogP) is 2.65. The van der Waals surface area contributed by atoms with Gasteiger partial charge in [-0.25, -0.2) is 4.79 Å². The number of esters is 1. The van der Waals surface area contributed by atoms with Crippen molar-refractivity contribution in [3.05, 3.63) is 53.1 Å². The number of rotatable bonds is 4. The number of carbonyl (C=O) groups excluding carboxylic acids is 2. The summed E-state index contributed by atoms with van der Waals surface area (Å²) in [5.41, 5.74) is 2.51. The number of ether oxygens (including phenoxy) is 3. The Morgan fingerprint density at radius 3 is 2.29 bits per heavy atom. The minimum atomic E-state index is -0.413. The van der Waals surface area contributed by atoms with Crippen molar-refractivity contribution in [3.8, 4) is 11.5 Å². The van der Waals surface area contributed by atoms with E-state index in [1.165, 1.54) is 21.3 Å². The minimum absolute atomic E-state index is 0.161. The van der Waals surface area contributed by atoms with Gasteiger partial charge in [0, 0.05) is 5.69 Å². The second-order valence-electron chi connectivity index (χ2n) is 5.26. The van der Waals surface area contributed by atoms with Crippen LogP contribution in [0.4, 0.5) is 5.69 Å². The lowest BCUT2D eigenvalue weighted by atomic mass is 10.1. The fourth-order valence-electron chi connectivity index (χ4n) is 2.81. The molecule has 0 aliphatic carbocycles. The number of hydrogen-bond acceptors (Lipinski definition) is 5. The van der Waals surface area contributed by atoms with E-state index in [2.05, 4.69) is 4.74 Å². The number of fused-ring (bicyclic) bond motifs is 1. The minimum Gasteiger partial charge on any atom is -0.493 e. The standard InChI is InChI=1S/C18H17NO5/c1-22-14-9-6-12-10-19(17(20)15(12)16(14)23-2)13-7-4-11(5-8-13)18(21)24-3/h4-9H,10H2,1-3H3. The van der Waals surface area contributed by atoms with Crippen LogP contribution in [0.1, 0.15) is 26.3 Å². The van der Waals surface area contributed by atoms with Gasteiger partial charge in [-0.2, -0.15) is 0 Å². The smallest absolute Gasteiger partial charge is 0.337 e. The fraction of sp³-hybridized carbons (Fsp3) is 0.222. The monoisotopic (exact) mass is 327 g/mol. The van der Waals surface area contributed by atoms with Crippen LogP contribution in [-0.2, 0) is 11.3 Å². The predicted molar refractivity (Wildman–Crippen MR) is 87.8 cm³/mol. The van der Waals surface area contributed by atoms with Crippen molar-refractivity contribution in [2.75, 3.05) is 26.2 Å². The van der Waals surface area contributed by atoms with E-state index in [1.54, 1.807) is 35.2 Å². The first-order chi connectivity index (χ1) is 11.6. The zero-order valence-electron chi connectivity index (χ0n) is 13.7. The molecule has 2 aromatic carbocycles. The largest absolute Gasteiger partial charge is 0.493 e. The molecule has 0 atom stereocenters. The fourth-order valence-corrected chi connectivity index (χ4v) is 2.81. The molecular weight excluding hydrogens is 310 g/mol.